The Balaban J connectivity index is 1.45. The quantitative estimate of drug-likeness (QED) is 0.638. The van der Waals surface area contributed by atoms with Gasteiger partial charge in [0.1, 0.15) is 11.9 Å². The third-order valence-electron chi connectivity index (χ3n) is 6.17. The Labute approximate surface area is 194 Å². The lowest BCUT2D eigenvalue weighted by atomic mass is 9.90. The molecule has 0 bridgehead atoms. The number of morpholine rings is 1. The van der Waals surface area contributed by atoms with Crippen LogP contribution < -0.4 is 4.74 Å². The maximum absolute atomic E-state index is 13.1. The number of carbonyl (C=O) groups is 2. The summed E-state index contributed by atoms with van der Waals surface area (Å²) in [5.74, 6) is 1.25. The number of carbonyl (C=O) groups excluding carboxylic acids is 2. The molecule has 8 heteroatoms. The molecule has 2 aliphatic rings. The van der Waals surface area contributed by atoms with Crippen LogP contribution in [0.3, 0.4) is 0 Å². The van der Waals surface area contributed by atoms with Gasteiger partial charge in [0.05, 0.1) is 18.9 Å². The Kier molecular flexibility index (Phi) is 7.65. The third kappa shape index (κ3) is 6.13. The van der Waals surface area contributed by atoms with Gasteiger partial charge >= 0.3 is 0 Å². The summed E-state index contributed by atoms with van der Waals surface area (Å²) in [7, 11) is 0. The number of piperidine rings is 1. The van der Waals surface area contributed by atoms with Crippen LogP contribution in [0.25, 0.3) is 0 Å². The average molecular weight is 456 g/mol. The van der Waals surface area contributed by atoms with Crippen molar-refractivity contribution in [3.8, 4) is 5.75 Å². The molecule has 4 rings (SSSR count). The Hall–Kier alpha value is -2.87. The van der Waals surface area contributed by atoms with Crippen LogP contribution in [-0.2, 0) is 16.0 Å². The molecule has 2 aliphatic heterocycles. The molecule has 0 saturated carbocycles. The number of benzene rings is 1. The van der Waals surface area contributed by atoms with E-state index in [4.69, 9.17) is 14.0 Å². The topological polar surface area (TPSA) is 85.1 Å². The van der Waals surface area contributed by atoms with Gasteiger partial charge in [-0.2, -0.15) is 0 Å². The minimum Gasteiger partial charge on any atom is -0.490 e. The fourth-order valence-corrected chi connectivity index (χ4v) is 4.47. The number of hydrogen-bond acceptors (Lipinski definition) is 6. The van der Waals surface area contributed by atoms with Gasteiger partial charge in [-0.1, -0.05) is 37.2 Å². The molecule has 1 aromatic carbocycles. The van der Waals surface area contributed by atoms with Crippen LogP contribution in [0.4, 0.5) is 0 Å². The van der Waals surface area contributed by atoms with E-state index < -0.39 is 0 Å². The molecule has 0 aliphatic carbocycles. The molecular weight excluding hydrogens is 422 g/mol. The minimum absolute atomic E-state index is 0.0816. The lowest BCUT2D eigenvalue weighted by Gasteiger charge is -2.39. The van der Waals surface area contributed by atoms with E-state index in [1.54, 1.807) is 11.0 Å². The van der Waals surface area contributed by atoms with Crippen molar-refractivity contribution >= 4 is 11.8 Å². The second-order valence-corrected chi connectivity index (χ2v) is 9.25. The number of para-hydroxylation sites is 1. The molecular formula is C25H33N3O5. The predicted molar refractivity (Wildman–Crippen MR) is 122 cm³/mol. The van der Waals surface area contributed by atoms with E-state index >= 15 is 0 Å². The molecule has 3 heterocycles. The zero-order valence-corrected chi connectivity index (χ0v) is 19.4. The van der Waals surface area contributed by atoms with Crippen molar-refractivity contribution in [1.29, 1.82) is 0 Å². The van der Waals surface area contributed by atoms with Gasteiger partial charge in [0.15, 0.2) is 0 Å². The van der Waals surface area contributed by atoms with Crippen LogP contribution in [-0.4, -0.2) is 72.3 Å². The first kappa shape index (κ1) is 23.3. The number of likely N-dealkylation sites (tertiary alicyclic amines) is 1. The summed E-state index contributed by atoms with van der Waals surface area (Å²) in [6.07, 6.45) is 1.60. The van der Waals surface area contributed by atoms with Gasteiger partial charge in [0.2, 0.25) is 11.7 Å². The molecule has 0 N–H and O–H groups in total. The summed E-state index contributed by atoms with van der Waals surface area (Å²) >= 11 is 0. The molecule has 0 unspecified atom stereocenters. The lowest BCUT2D eigenvalue weighted by Crippen LogP contribution is -2.50. The van der Waals surface area contributed by atoms with Crippen molar-refractivity contribution in [3.05, 3.63) is 47.9 Å². The first-order chi connectivity index (χ1) is 16.0. The van der Waals surface area contributed by atoms with Gasteiger partial charge in [0, 0.05) is 51.0 Å². The molecule has 2 fully saturated rings. The summed E-state index contributed by atoms with van der Waals surface area (Å²) < 4.78 is 17.0. The highest BCUT2D eigenvalue weighted by Gasteiger charge is 2.36. The van der Waals surface area contributed by atoms with Crippen molar-refractivity contribution in [2.24, 2.45) is 11.8 Å². The first-order valence-corrected chi connectivity index (χ1v) is 11.8. The normalized spacial score (nSPS) is 21.3. The lowest BCUT2D eigenvalue weighted by molar-refractivity contribution is -0.137. The molecule has 8 nitrogen and oxygen atoms in total. The van der Waals surface area contributed by atoms with Crippen LogP contribution in [0.15, 0.2) is 40.9 Å². The van der Waals surface area contributed by atoms with Gasteiger partial charge in [-0.15, -0.1) is 0 Å². The second-order valence-electron chi connectivity index (χ2n) is 9.25. The molecule has 1 aromatic heterocycles. The van der Waals surface area contributed by atoms with Crippen LogP contribution in [0, 0.1) is 11.8 Å². The highest BCUT2D eigenvalue weighted by molar-refractivity contribution is 5.91. The SMILES string of the molecule is CC(C)Cc1cc(C(=O)N2CC[C@H](Oc3ccccc3)[C@@H](CC(=O)N3CCOCC3)C2)on1. The fraction of sp³-hybridized carbons (Fsp3) is 0.560. The van der Waals surface area contributed by atoms with E-state index in [2.05, 4.69) is 19.0 Å². The van der Waals surface area contributed by atoms with Crippen LogP contribution >= 0.6 is 0 Å². The maximum atomic E-state index is 13.1. The van der Waals surface area contributed by atoms with E-state index in [-0.39, 0.29) is 29.6 Å². The van der Waals surface area contributed by atoms with Gasteiger partial charge in [0.25, 0.3) is 5.91 Å². The zero-order valence-electron chi connectivity index (χ0n) is 19.4. The number of nitrogens with zero attached hydrogens (tertiary/aromatic N) is 3. The van der Waals surface area contributed by atoms with Gasteiger partial charge in [-0.3, -0.25) is 9.59 Å². The number of ether oxygens (including phenoxy) is 2. The molecule has 0 radical (unpaired) electrons. The van der Waals surface area contributed by atoms with Crippen LogP contribution in [0.5, 0.6) is 5.75 Å². The molecule has 0 spiro atoms. The minimum atomic E-state index is -0.181. The molecule has 2 aromatic rings. The van der Waals surface area contributed by atoms with Crippen molar-refractivity contribution in [2.45, 2.75) is 39.2 Å². The Morgan fingerprint density at radius 1 is 1.12 bits per heavy atom. The number of amides is 2. The Bertz CT molecular complexity index is 923. The van der Waals surface area contributed by atoms with Crippen LogP contribution in [0.1, 0.15) is 42.9 Å². The molecule has 178 valence electrons. The largest absolute Gasteiger partial charge is 0.490 e. The van der Waals surface area contributed by atoms with Crippen molar-refractivity contribution in [3.63, 3.8) is 0 Å². The molecule has 2 atom stereocenters. The smallest absolute Gasteiger partial charge is 0.292 e. The summed E-state index contributed by atoms with van der Waals surface area (Å²) in [5.41, 5.74) is 0.787. The van der Waals surface area contributed by atoms with E-state index in [9.17, 15) is 9.59 Å². The molecule has 33 heavy (non-hydrogen) atoms. The van der Waals surface area contributed by atoms with Gasteiger partial charge in [-0.05, 0) is 24.5 Å². The standard InChI is InChI=1S/C25H33N3O5/c1-18(2)14-20-16-23(33-26-20)25(30)28-9-8-22(32-21-6-4-3-5-7-21)19(17-28)15-24(29)27-10-12-31-13-11-27/h3-7,16,18-19,22H,8-15,17H2,1-2H3/t19-,22-/m0/s1. The van der Waals surface area contributed by atoms with E-state index in [0.29, 0.717) is 58.2 Å². The Morgan fingerprint density at radius 3 is 2.61 bits per heavy atom. The zero-order chi connectivity index (χ0) is 23.2. The van der Waals surface area contributed by atoms with Gasteiger partial charge < -0.3 is 23.8 Å². The number of rotatable bonds is 7. The first-order valence-electron chi connectivity index (χ1n) is 11.8. The molecule has 2 amide bonds. The highest BCUT2D eigenvalue weighted by Crippen LogP contribution is 2.27. The average Bonchev–Trinajstić information content (AvgIpc) is 3.28. The third-order valence-corrected chi connectivity index (χ3v) is 6.17. The summed E-state index contributed by atoms with van der Waals surface area (Å²) in [5, 5.41) is 4.05. The Morgan fingerprint density at radius 2 is 1.88 bits per heavy atom. The maximum Gasteiger partial charge on any atom is 0.292 e. The summed E-state index contributed by atoms with van der Waals surface area (Å²) in [6.45, 7) is 7.52. The second kappa shape index (κ2) is 10.8. The van der Waals surface area contributed by atoms with Gasteiger partial charge in [-0.25, -0.2) is 0 Å². The predicted octanol–water partition coefficient (Wildman–Crippen LogP) is 3.03. The summed E-state index contributed by atoms with van der Waals surface area (Å²) in [6, 6.07) is 11.4. The van der Waals surface area contributed by atoms with Crippen molar-refractivity contribution in [2.75, 3.05) is 39.4 Å². The van der Waals surface area contributed by atoms with Crippen molar-refractivity contribution in [1.82, 2.24) is 15.0 Å². The van der Waals surface area contributed by atoms with Crippen molar-refractivity contribution < 1.29 is 23.6 Å². The number of hydrogen-bond donors (Lipinski definition) is 0. The van der Waals surface area contributed by atoms with E-state index in [1.807, 2.05) is 35.2 Å². The number of aromatic nitrogens is 1. The molecule has 2 saturated heterocycles. The van der Waals surface area contributed by atoms with E-state index in [0.717, 1.165) is 17.9 Å². The monoisotopic (exact) mass is 455 g/mol. The fourth-order valence-electron chi connectivity index (χ4n) is 4.47. The van der Waals surface area contributed by atoms with Crippen LogP contribution in [0.2, 0.25) is 0 Å². The highest BCUT2D eigenvalue weighted by atomic mass is 16.5. The summed E-state index contributed by atoms with van der Waals surface area (Å²) in [4.78, 5) is 29.7. The van der Waals surface area contributed by atoms with E-state index in [1.165, 1.54) is 0 Å².